The third kappa shape index (κ3) is 4.03. The Labute approximate surface area is 107 Å². The van der Waals surface area contributed by atoms with Gasteiger partial charge in [-0.25, -0.2) is 0 Å². The van der Waals surface area contributed by atoms with E-state index in [1.54, 1.807) is 0 Å². The molecule has 0 heterocycles. The van der Waals surface area contributed by atoms with Gasteiger partial charge in [0, 0.05) is 6.08 Å². The molecular formula is C12H10F3N2O2+. The summed E-state index contributed by atoms with van der Waals surface area (Å²) < 4.78 is 41.4. The van der Waals surface area contributed by atoms with E-state index in [1.165, 1.54) is 31.4 Å². The Kier molecular flexibility index (Phi) is 4.53. The fraction of sp³-hybridized carbons (Fsp3) is 0.167. The second kappa shape index (κ2) is 5.91. The molecule has 4 nitrogen and oxygen atoms in total. The Morgan fingerprint density at radius 2 is 1.89 bits per heavy atom. The van der Waals surface area contributed by atoms with Crippen LogP contribution in [0.5, 0.6) is 0 Å². The number of hydrogen-bond donors (Lipinski definition) is 1. The van der Waals surface area contributed by atoms with E-state index in [9.17, 15) is 13.2 Å². The molecule has 1 rings (SSSR count). The number of allylic oxidation sites excluding steroid dienone is 1. The van der Waals surface area contributed by atoms with Crippen LogP contribution in [0.4, 0.5) is 13.2 Å². The lowest BCUT2D eigenvalue weighted by Gasteiger charge is -2.05. The SMILES string of the molecule is CO/C(O)=C(\C=C\c1ccc(C(F)(F)F)cc1)[N+]#N. The monoisotopic (exact) mass is 271 g/mol. The molecule has 0 fully saturated rings. The first-order valence-corrected chi connectivity index (χ1v) is 5.06. The van der Waals surface area contributed by atoms with Crippen LogP contribution in [-0.4, -0.2) is 12.2 Å². The van der Waals surface area contributed by atoms with Gasteiger partial charge >= 0.3 is 17.8 Å². The number of aliphatic hydroxyl groups is 1. The molecule has 1 aromatic rings. The first kappa shape index (κ1) is 14.6. The smallest absolute Gasteiger partial charge is 0.463 e. The highest BCUT2D eigenvalue weighted by Crippen LogP contribution is 2.29. The van der Waals surface area contributed by atoms with Gasteiger partial charge < -0.3 is 9.84 Å². The Hall–Kier alpha value is -2.49. The average molecular weight is 271 g/mol. The highest BCUT2D eigenvalue weighted by Gasteiger charge is 2.29. The summed E-state index contributed by atoms with van der Waals surface area (Å²) in [5.74, 6) is -0.606. The largest absolute Gasteiger partial charge is 0.475 e. The minimum absolute atomic E-state index is 0.248. The van der Waals surface area contributed by atoms with Crippen molar-refractivity contribution in [2.24, 2.45) is 0 Å². The Balaban J connectivity index is 2.93. The maximum atomic E-state index is 12.3. The van der Waals surface area contributed by atoms with E-state index >= 15 is 0 Å². The molecule has 0 unspecified atom stereocenters. The first-order valence-electron chi connectivity index (χ1n) is 5.06. The van der Waals surface area contributed by atoms with Crippen molar-refractivity contribution in [1.29, 1.82) is 5.39 Å². The molecule has 0 radical (unpaired) electrons. The third-order valence-electron chi connectivity index (χ3n) is 2.19. The molecule has 0 bridgehead atoms. The molecule has 1 N–H and O–H groups in total. The van der Waals surface area contributed by atoms with Crippen molar-refractivity contribution in [1.82, 2.24) is 0 Å². The van der Waals surface area contributed by atoms with E-state index in [1.807, 2.05) is 0 Å². The molecule has 0 saturated heterocycles. The van der Waals surface area contributed by atoms with Crippen LogP contribution < -0.4 is 0 Å². The summed E-state index contributed by atoms with van der Waals surface area (Å²) in [6.07, 6.45) is -1.83. The zero-order chi connectivity index (χ0) is 14.5. The van der Waals surface area contributed by atoms with Gasteiger partial charge in [0.15, 0.2) is 4.98 Å². The van der Waals surface area contributed by atoms with Crippen LogP contribution in [0.25, 0.3) is 11.1 Å². The van der Waals surface area contributed by atoms with E-state index in [2.05, 4.69) is 9.71 Å². The van der Waals surface area contributed by atoms with E-state index < -0.39 is 17.7 Å². The van der Waals surface area contributed by atoms with Crippen LogP contribution >= 0.6 is 0 Å². The Morgan fingerprint density at radius 1 is 1.32 bits per heavy atom. The van der Waals surface area contributed by atoms with Crippen molar-refractivity contribution in [3.05, 3.63) is 58.1 Å². The normalized spacial score (nSPS) is 13.0. The van der Waals surface area contributed by atoms with Gasteiger partial charge in [0.2, 0.25) is 5.39 Å². The Morgan fingerprint density at radius 3 is 2.32 bits per heavy atom. The lowest BCUT2D eigenvalue weighted by atomic mass is 10.1. The predicted molar refractivity (Wildman–Crippen MR) is 62.2 cm³/mol. The quantitative estimate of drug-likeness (QED) is 0.514. The third-order valence-corrected chi connectivity index (χ3v) is 2.19. The molecule has 0 saturated carbocycles. The van der Waals surface area contributed by atoms with E-state index in [4.69, 9.17) is 10.5 Å². The number of benzene rings is 1. The fourth-order valence-corrected chi connectivity index (χ4v) is 1.21. The van der Waals surface area contributed by atoms with Gasteiger partial charge in [0.1, 0.15) is 0 Å². The van der Waals surface area contributed by atoms with Gasteiger partial charge in [-0.15, -0.1) is 0 Å². The summed E-state index contributed by atoms with van der Waals surface area (Å²) in [6.45, 7) is 0. The molecule has 19 heavy (non-hydrogen) atoms. The minimum Gasteiger partial charge on any atom is -0.475 e. The maximum Gasteiger partial charge on any atom is 0.463 e. The predicted octanol–water partition coefficient (Wildman–Crippen LogP) is 3.95. The van der Waals surface area contributed by atoms with Crippen molar-refractivity contribution >= 4 is 6.08 Å². The van der Waals surface area contributed by atoms with Crippen LogP contribution in [0.3, 0.4) is 0 Å². The minimum atomic E-state index is -4.39. The van der Waals surface area contributed by atoms with Gasteiger partial charge in [-0.1, -0.05) is 12.1 Å². The molecule has 0 aliphatic carbocycles. The van der Waals surface area contributed by atoms with Crippen LogP contribution in [-0.2, 0) is 10.9 Å². The van der Waals surface area contributed by atoms with Crippen LogP contribution in [0.15, 0.2) is 42.0 Å². The molecule has 0 atom stereocenters. The molecule has 0 aliphatic rings. The summed E-state index contributed by atoms with van der Waals surface area (Å²) in [6, 6.07) is 4.35. The van der Waals surface area contributed by atoms with Gasteiger partial charge in [-0.3, -0.25) is 0 Å². The molecule has 1 aromatic carbocycles. The van der Waals surface area contributed by atoms with Gasteiger partial charge in [0.05, 0.1) is 12.7 Å². The Bertz CT molecular complexity index is 540. The van der Waals surface area contributed by atoms with Crippen molar-refractivity contribution in [2.75, 3.05) is 7.11 Å². The number of hydrogen-bond acceptors (Lipinski definition) is 3. The lowest BCUT2D eigenvalue weighted by molar-refractivity contribution is -0.137. The number of diazo groups is 1. The van der Waals surface area contributed by atoms with E-state index in [0.717, 1.165) is 12.1 Å². The van der Waals surface area contributed by atoms with E-state index in [0.29, 0.717) is 5.56 Å². The first-order chi connectivity index (χ1) is 8.88. The number of nitrogens with zero attached hydrogens (tertiary/aromatic N) is 2. The molecule has 0 amide bonds. The number of methoxy groups -OCH3 is 1. The second-order valence-electron chi connectivity index (χ2n) is 3.45. The number of alkyl halides is 3. The molecule has 0 aromatic heterocycles. The van der Waals surface area contributed by atoms with E-state index in [-0.39, 0.29) is 5.70 Å². The second-order valence-corrected chi connectivity index (χ2v) is 3.45. The molecule has 7 heteroatoms. The van der Waals surface area contributed by atoms with Crippen LogP contribution in [0.1, 0.15) is 11.1 Å². The van der Waals surface area contributed by atoms with Crippen molar-refractivity contribution in [3.8, 4) is 0 Å². The molecule has 0 aliphatic heterocycles. The van der Waals surface area contributed by atoms with Gasteiger partial charge in [-0.05, 0) is 23.8 Å². The fourth-order valence-electron chi connectivity index (χ4n) is 1.21. The van der Waals surface area contributed by atoms with Crippen LogP contribution in [0, 0.1) is 5.39 Å². The summed E-state index contributed by atoms with van der Waals surface area (Å²) in [5, 5.41) is 17.7. The number of aliphatic hydroxyl groups excluding tert-OH is 1. The number of rotatable bonds is 3. The highest BCUT2D eigenvalue weighted by atomic mass is 19.4. The van der Waals surface area contributed by atoms with Gasteiger partial charge in [0.25, 0.3) is 0 Å². The topological polar surface area (TPSA) is 57.6 Å². The van der Waals surface area contributed by atoms with Crippen molar-refractivity contribution < 1.29 is 23.0 Å². The maximum absolute atomic E-state index is 12.3. The van der Waals surface area contributed by atoms with Crippen molar-refractivity contribution in [3.63, 3.8) is 0 Å². The van der Waals surface area contributed by atoms with Gasteiger partial charge in [-0.2, -0.15) is 13.2 Å². The lowest BCUT2D eigenvalue weighted by Crippen LogP contribution is -2.03. The summed E-state index contributed by atoms with van der Waals surface area (Å²) in [4.78, 5) is 2.77. The standard InChI is InChI=1S/C12H9F3N2O2/c1-19-11(18)10(17-16)7-4-8-2-5-9(6-3-8)12(13,14)15/h2-7H,1H3/p+1/b7-4+,11-10+. The van der Waals surface area contributed by atoms with Crippen LogP contribution in [0.2, 0.25) is 0 Å². The molecule has 100 valence electrons. The average Bonchev–Trinajstić information content (AvgIpc) is 2.38. The molecular weight excluding hydrogens is 261 g/mol. The highest BCUT2D eigenvalue weighted by molar-refractivity contribution is 5.54. The number of halogens is 3. The summed E-state index contributed by atoms with van der Waals surface area (Å²) in [5.41, 5.74) is -0.563. The summed E-state index contributed by atoms with van der Waals surface area (Å²) in [7, 11) is 1.17. The zero-order valence-corrected chi connectivity index (χ0v) is 9.85. The summed E-state index contributed by atoms with van der Waals surface area (Å²) >= 11 is 0. The van der Waals surface area contributed by atoms with Crippen molar-refractivity contribution in [2.45, 2.75) is 6.18 Å². The number of ether oxygens (including phenoxy) is 1. The zero-order valence-electron chi connectivity index (χ0n) is 9.85. The molecule has 0 spiro atoms.